The van der Waals surface area contributed by atoms with Crippen LogP contribution in [0.4, 0.5) is 10.8 Å². The lowest BCUT2D eigenvalue weighted by molar-refractivity contribution is 0.0480. The molecule has 7 heteroatoms. The predicted molar refractivity (Wildman–Crippen MR) is 59.4 cm³/mol. The number of nitrogens with one attached hydrogen (secondary N) is 1. The molecule has 1 aromatic rings. The minimum absolute atomic E-state index is 0.0172. The Morgan fingerprint density at radius 3 is 2.29 bits per heavy atom. The molecule has 0 saturated heterocycles. The zero-order valence-electron chi connectivity index (χ0n) is 10.6. The third kappa shape index (κ3) is 4.39. The number of hydrogen-bond acceptors (Lipinski definition) is 6. The molecule has 0 unspecified atom stereocenters. The monoisotopic (exact) mass is 243 g/mol. The fourth-order valence-electron chi connectivity index (χ4n) is 0.912. The molecule has 1 amide bonds. The number of aliphatic hydroxyl groups is 1. The first-order valence-electron chi connectivity index (χ1n) is 5.14. The highest BCUT2D eigenvalue weighted by atomic mass is 16.6. The number of hydrogen-bond donors (Lipinski definition) is 2. The third-order valence-corrected chi connectivity index (χ3v) is 1.56. The average molecular weight is 243 g/mol. The first kappa shape index (κ1) is 13.4. The van der Waals surface area contributed by atoms with Crippen LogP contribution < -0.4 is 5.32 Å². The Labute approximate surface area is 99.2 Å². The van der Waals surface area contributed by atoms with E-state index in [4.69, 9.17) is 9.15 Å². The Kier molecular flexibility index (Phi) is 3.42. The van der Waals surface area contributed by atoms with Crippen molar-refractivity contribution >= 4 is 12.1 Å². The van der Waals surface area contributed by atoms with Gasteiger partial charge in [0.25, 0.3) is 0 Å². The minimum Gasteiger partial charge on any atom is -0.443 e. The fraction of sp³-hybridized carbons (Fsp3) is 0.700. The highest BCUT2D eigenvalue weighted by Crippen LogP contribution is 2.19. The van der Waals surface area contributed by atoms with Gasteiger partial charge in [0.1, 0.15) is 11.2 Å². The van der Waals surface area contributed by atoms with Gasteiger partial charge in [0.05, 0.1) is 0 Å². The molecule has 0 aromatic carbocycles. The van der Waals surface area contributed by atoms with Gasteiger partial charge >= 0.3 is 12.1 Å². The molecule has 17 heavy (non-hydrogen) atoms. The average Bonchev–Trinajstić information content (AvgIpc) is 2.47. The van der Waals surface area contributed by atoms with E-state index in [0.29, 0.717) is 0 Å². The van der Waals surface area contributed by atoms with Gasteiger partial charge in [-0.2, -0.15) is 0 Å². The zero-order chi connectivity index (χ0) is 13.3. The first-order valence-corrected chi connectivity index (χ1v) is 5.14. The second kappa shape index (κ2) is 4.33. The van der Waals surface area contributed by atoms with Crippen molar-refractivity contribution in [3.8, 4) is 0 Å². The van der Waals surface area contributed by atoms with Crippen molar-refractivity contribution in [2.45, 2.75) is 45.8 Å². The summed E-state index contributed by atoms with van der Waals surface area (Å²) in [5.74, 6) is 0.0172. The van der Waals surface area contributed by atoms with Crippen LogP contribution in [0.15, 0.2) is 4.42 Å². The van der Waals surface area contributed by atoms with Crippen molar-refractivity contribution in [2.75, 3.05) is 5.32 Å². The second-order valence-electron chi connectivity index (χ2n) is 5.10. The van der Waals surface area contributed by atoms with Crippen LogP contribution in [0.5, 0.6) is 0 Å². The Morgan fingerprint density at radius 2 is 1.88 bits per heavy atom. The molecule has 0 aliphatic carbocycles. The normalized spacial score (nSPS) is 12.4. The van der Waals surface area contributed by atoms with Gasteiger partial charge in [-0.3, -0.25) is 0 Å². The third-order valence-electron chi connectivity index (χ3n) is 1.56. The van der Waals surface area contributed by atoms with Crippen LogP contribution in [-0.2, 0) is 10.3 Å². The van der Waals surface area contributed by atoms with E-state index in [-0.39, 0.29) is 11.9 Å². The summed E-state index contributed by atoms with van der Waals surface area (Å²) in [6.07, 6.45) is -0.691. The number of amides is 1. The lowest BCUT2D eigenvalue weighted by Crippen LogP contribution is -2.27. The topological polar surface area (TPSA) is 97.5 Å². The predicted octanol–water partition coefficient (Wildman–Crippen LogP) is 1.64. The van der Waals surface area contributed by atoms with Crippen LogP contribution in [0, 0.1) is 0 Å². The minimum atomic E-state index is -1.25. The van der Waals surface area contributed by atoms with Crippen LogP contribution in [0.1, 0.15) is 40.5 Å². The highest BCUT2D eigenvalue weighted by Gasteiger charge is 2.25. The van der Waals surface area contributed by atoms with Gasteiger partial charge in [-0.1, -0.05) is 5.10 Å². The molecule has 0 radical (unpaired) electrons. The second-order valence-corrected chi connectivity index (χ2v) is 5.10. The lowest BCUT2D eigenvalue weighted by Gasteiger charge is -2.18. The molecule has 0 spiro atoms. The van der Waals surface area contributed by atoms with Crippen molar-refractivity contribution in [3.63, 3.8) is 0 Å². The van der Waals surface area contributed by atoms with Gasteiger partial charge in [0.15, 0.2) is 0 Å². The number of nitrogens with zero attached hydrogens (tertiary/aromatic N) is 2. The van der Waals surface area contributed by atoms with E-state index in [0.717, 1.165) is 0 Å². The Balaban J connectivity index is 2.65. The van der Waals surface area contributed by atoms with Crippen molar-refractivity contribution in [2.24, 2.45) is 0 Å². The van der Waals surface area contributed by atoms with Crippen molar-refractivity contribution in [1.82, 2.24) is 10.2 Å². The lowest BCUT2D eigenvalue weighted by atomic mass is 10.1. The van der Waals surface area contributed by atoms with Crippen molar-refractivity contribution in [3.05, 3.63) is 5.89 Å². The Morgan fingerprint density at radius 1 is 1.29 bits per heavy atom. The molecule has 96 valence electrons. The van der Waals surface area contributed by atoms with Gasteiger partial charge < -0.3 is 14.3 Å². The number of anilines is 1. The van der Waals surface area contributed by atoms with E-state index in [1.165, 1.54) is 13.8 Å². The molecule has 1 rings (SSSR count). The zero-order valence-corrected chi connectivity index (χ0v) is 10.6. The van der Waals surface area contributed by atoms with Crippen molar-refractivity contribution < 1.29 is 19.1 Å². The molecular weight excluding hydrogens is 226 g/mol. The summed E-state index contributed by atoms with van der Waals surface area (Å²) in [5, 5.41) is 19.0. The molecule has 7 nitrogen and oxygen atoms in total. The standard InChI is InChI=1S/C10H17N3O4/c1-9(2,3)17-8(14)11-7-13-12-6(16-7)10(4,5)15/h15H,1-5H3,(H,11,13,14). The summed E-state index contributed by atoms with van der Waals surface area (Å²) in [7, 11) is 0. The molecule has 0 atom stereocenters. The van der Waals surface area contributed by atoms with E-state index in [9.17, 15) is 9.90 Å². The Bertz CT molecular complexity index is 400. The number of rotatable bonds is 2. The van der Waals surface area contributed by atoms with E-state index in [1.54, 1.807) is 20.8 Å². The summed E-state index contributed by atoms with van der Waals surface area (Å²) in [4.78, 5) is 11.4. The largest absolute Gasteiger partial charge is 0.443 e. The van der Waals surface area contributed by atoms with Gasteiger partial charge in [0.2, 0.25) is 5.89 Å². The SMILES string of the molecule is CC(C)(C)OC(=O)Nc1nnc(C(C)(C)O)o1. The summed E-state index contributed by atoms with van der Waals surface area (Å²) in [6.45, 7) is 8.21. The van der Waals surface area contributed by atoms with E-state index < -0.39 is 17.3 Å². The summed E-state index contributed by atoms with van der Waals surface area (Å²) in [5.41, 5.74) is -1.86. The van der Waals surface area contributed by atoms with Crippen LogP contribution in [0.3, 0.4) is 0 Å². The number of carbonyl (C=O) groups is 1. The molecule has 1 heterocycles. The maximum Gasteiger partial charge on any atom is 0.415 e. The smallest absolute Gasteiger partial charge is 0.415 e. The van der Waals surface area contributed by atoms with E-state index in [1.807, 2.05) is 0 Å². The maximum atomic E-state index is 11.4. The quantitative estimate of drug-likeness (QED) is 0.819. The number of aromatic nitrogens is 2. The van der Waals surface area contributed by atoms with Crippen molar-refractivity contribution in [1.29, 1.82) is 0 Å². The van der Waals surface area contributed by atoms with Crippen LogP contribution in [0.2, 0.25) is 0 Å². The van der Waals surface area contributed by atoms with E-state index >= 15 is 0 Å². The van der Waals surface area contributed by atoms with E-state index in [2.05, 4.69) is 15.5 Å². The van der Waals surface area contributed by atoms with Gasteiger partial charge in [-0.15, -0.1) is 5.10 Å². The van der Waals surface area contributed by atoms with Crippen LogP contribution in [-0.4, -0.2) is 27.0 Å². The summed E-state index contributed by atoms with van der Waals surface area (Å²) in [6, 6.07) is -0.114. The maximum absolute atomic E-state index is 11.4. The van der Waals surface area contributed by atoms with Gasteiger partial charge in [-0.25, -0.2) is 10.1 Å². The first-order chi connectivity index (χ1) is 7.58. The number of carbonyl (C=O) groups excluding carboxylic acids is 1. The molecule has 0 aliphatic rings. The molecular formula is C10H17N3O4. The molecule has 1 aromatic heterocycles. The molecule has 0 bridgehead atoms. The molecule has 0 fully saturated rings. The Hall–Kier alpha value is -1.63. The van der Waals surface area contributed by atoms with Crippen LogP contribution >= 0.6 is 0 Å². The molecule has 0 saturated carbocycles. The van der Waals surface area contributed by atoms with Gasteiger partial charge in [0, 0.05) is 0 Å². The summed E-state index contributed by atoms with van der Waals surface area (Å²) >= 11 is 0. The van der Waals surface area contributed by atoms with Gasteiger partial charge in [-0.05, 0) is 34.6 Å². The van der Waals surface area contributed by atoms with Crippen LogP contribution in [0.25, 0.3) is 0 Å². The highest BCUT2D eigenvalue weighted by molar-refractivity contribution is 5.81. The number of ether oxygens (including phenoxy) is 1. The fourth-order valence-corrected chi connectivity index (χ4v) is 0.912. The molecule has 2 N–H and O–H groups in total. The molecule has 0 aliphatic heterocycles. The summed E-state index contributed by atoms with van der Waals surface area (Å²) < 4.78 is 10.0.